The van der Waals surface area contributed by atoms with Crippen molar-refractivity contribution in [2.24, 2.45) is 0 Å². The van der Waals surface area contributed by atoms with Gasteiger partial charge in [-0.3, -0.25) is 5.32 Å². The second-order valence-corrected chi connectivity index (χ2v) is 7.26. The molecule has 0 spiro atoms. The van der Waals surface area contributed by atoms with Gasteiger partial charge >= 0.3 is 6.03 Å². The Kier molecular flexibility index (Phi) is 6.25. The lowest BCUT2D eigenvalue weighted by molar-refractivity contribution is 0.0261. The largest absolute Gasteiger partial charge is 0.375 e. The maximum Gasteiger partial charge on any atom is 0.323 e. The highest BCUT2D eigenvalue weighted by molar-refractivity contribution is 5.88. The van der Waals surface area contributed by atoms with E-state index >= 15 is 0 Å². The zero-order valence-corrected chi connectivity index (χ0v) is 15.4. The summed E-state index contributed by atoms with van der Waals surface area (Å²) in [4.78, 5) is 16.9. The van der Waals surface area contributed by atoms with Gasteiger partial charge in [0.05, 0.1) is 12.3 Å². The molecular weight excluding hydrogens is 320 g/mol. The zero-order chi connectivity index (χ0) is 17.6. The van der Waals surface area contributed by atoms with Gasteiger partial charge in [0.1, 0.15) is 0 Å². The van der Waals surface area contributed by atoms with E-state index in [1.54, 1.807) is 10.9 Å². The number of likely N-dealkylation sites (tertiary alicyclic amines) is 1. The maximum absolute atomic E-state index is 12.6. The van der Waals surface area contributed by atoms with E-state index < -0.39 is 0 Å². The molecule has 0 aliphatic carbocycles. The molecule has 0 unspecified atom stereocenters. The van der Waals surface area contributed by atoms with Crippen molar-refractivity contribution in [1.29, 1.82) is 0 Å². The molecule has 2 aliphatic heterocycles. The van der Waals surface area contributed by atoms with Crippen LogP contribution < -0.4 is 5.32 Å². The zero-order valence-electron chi connectivity index (χ0n) is 15.4. The summed E-state index contributed by atoms with van der Waals surface area (Å²) in [6.45, 7) is 9.30. The molecule has 2 saturated heterocycles. The van der Waals surface area contributed by atoms with Crippen molar-refractivity contribution < 1.29 is 9.53 Å². The average Bonchev–Trinajstić information content (AvgIpc) is 2.94. The molecular formula is C17H30N6O2. The van der Waals surface area contributed by atoms with Gasteiger partial charge in [-0.05, 0) is 46.2 Å². The van der Waals surface area contributed by atoms with Gasteiger partial charge in [0, 0.05) is 32.3 Å². The summed E-state index contributed by atoms with van der Waals surface area (Å²) < 4.78 is 7.71. The summed E-state index contributed by atoms with van der Waals surface area (Å²) in [6, 6.07) is 0.101. The molecule has 1 atom stereocenters. The van der Waals surface area contributed by atoms with Gasteiger partial charge in [0.2, 0.25) is 0 Å². The van der Waals surface area contributed by atoms with Gasteiger partial charge in [0.25, 0.3) is 0 Å². The van der Waals surface area contributed by atoms with E-state index in [1.165, 1.54) is 19.3 Å². The van der Waals surface area contributed by atoms with Gasteiger partial charge in [-0.15, -0.1) is 5.10 Å². The fourth-order valence-corrected chi connectivity index (χ4v) is 3.40. The van der Waals surface area contributed by atoms with Crippen molar-refractivity contribution >= 4 is 11.8 Å². The molecule has 1 aromatic heterocycles. The van der Waals surface area contributed by atoms with Crippen LogP contribution in [0.15, 0.2) is 6.20 Å². The SMILES string of the molecule is CC(C)n1cc(NC(=O)N2CCCO[C@H](CN3CCCCC3)C2)nn1. The number of ether oxygens (including phenoxy) is 1. The first kappa shape index (κ1) is 18.1. The number of piperidine rings is 1. The smallest absolute Gasteiger partial charge is 0.323 e. The number of carbonyl (C=O) groups excluding carboxylic acids is 1. The first-order chi connectivity index (χ1) is 12.1. The summed E-state index contributed by atoms with van der Waals surface area (Å²) in [7, 11) is 0. The Balaban J connectivity index is 1.54. The Labute approximate surface area is 149 Å². The fraction of sp³-hybridized carbons (Fsp3) is 0.824. The van der Waals surface area contributed by atoms with Gasteiger partial charge in [-0.25, -0.2) is 9.48 Å². The Morgan fingerprint density at radius 2 is 2.08 bits per heavy atom. The van der Waals surface area contributed by atoms with Crippen molar-refractivity contribution in [2.75, 3.05) is 44.6 Å². The van der Waals surface area contributed by atoms with Crippen molar-refractivity contribution in [3.8, 4) is 0 Å². The van der Waals surface area contributed by atoms with E-state index in [0.717, 1.165) is 26.1 Å². The quantitative estimate of drug-likeness (QED) is 0.898. The number of aromatic nitrogens is 3. The highest BCUT2D eigenvalue weighted by Gasteiger charge is 2.25. The van der Waals surface area contributed by atoms with Gasteiger partial charge in [0.15, 0.2) is 5.82 Å². The fourth-order valence-electron chi connectivity index (χ4n) is 3.40. The Hall–Kier alpha value is -1.67. The minimum Gasteiger partial charge on any atom is -0.375 e. The molecule has 25 heavy (non-hydrogen) atoms. The number of hydrogen-bond acceptors (Lipinski definition) is 5. The second kappa shape index (κ2) is 8.62. The monoisotopic (exact) mass is 350 g/mol. The number of nitrogens with one attached hydrogen (secondary N) is 1. The van der Waals surface area contributed by atoms with Crippen LogP contribution in [0.25, 0.3) is 0 Å². The molecule has 0 saturated carbocycles. The predicted molar refractivity (Wildman–Crippen MR) is 95.6 cm³/mol. The highest BCUT2D eigenvalue weighted by atomic mass is 16.5. The lowest BCUT2D eigenvalue weighted by Crippen LogP contribution is -2.45. The summed E-state index contributed by atoms with van der Waals surface area (Å²) in [5.74, 6) is 0.497. The predicted octanol–water partition coefficient (Wildman–Crippen LogP) is 1.97. The van der Waals surface area contributed by atoms with Gasteiger partial charge in [-0.1, -0.05) is 11.6 Å². The number of carbonyl (C=O) groups is 1. The minimum absolute atomic E-state index is 0.0812. The lowest BCUT2D eigenvalue weighted by Gasteiger charge is -2.31. The van der Waals surface area contributed by atoms with Gasteiger partial charge in [-0.2, -0.15) is 0 Å². The third-order valence-electron chi connectivity index (χ3n) is 4.82. The molecule has 0 bridgehead atoms. The standard InChI is InChI=1S/C17H30N6O2/c1-14(2)23-13-16(19-20-23)18-17(24)22-9-6-10-25-15(12-22)11-21-7-4-3-5-8-21/h13-15H,3-12H2,1-2H3,(H,18,24)/t15-/m1/s1. The first-order valence-electron chi connectivity index (χ1n) is 9.43. The van der Waals surface area contributed by atoms with Crippen molar-refractivity contribution in [1.82, 2.24) is 24.8 Å². The minimum atomic E-state index is -0.120. The van der Waals surface area contributed by atoms with Crippen molar-refractivity contribution in [3.05, 3.63) is 6.20 Å². The van der Waals surface area contributed by atoms with Crippen LogP contribution in [0.3, 0.4) is 0 Å². The van der Waals surface area contributed by atoms with Crippen LogP contribution in [0, 0.1) is 0 Å². The van der Waals surface area contributed by atoms with Crippen LogP contribution >= 0.6 is 0 Å². The van der Waals surface area contributed by atoms with E-state index in [1.807, 2.05) is 18.7 Å². The first-order valence-corrected chi connectivity index (χ1v) is 9.43. The van der Waals surface area contributed by atoms with E-state index in [-0.39, 0.29) is 18.2 Å². The number of hydrogen-bond donors (Lipinski definition) is 1. The third-order valence-corrected chi connectivity index (χ3v) is 4.82. The molecule has 2 amide bonds. The average molecular weight is 350 g/mol. The molecule has 2 aliphatic rings. The summed E-state index contributed by atoms with van der Waals surface area (Å²) >= 11 is 0. The highest BCUT2D eigenvalue weighted by Crippen LogP contribution is 2.14. The normalized spacial score (nSPS) is 22.8. The summed E-state index contributed by atoms with van der Waals surface area (Å²) in [5, 5.41) is 10.9. The van der Waals surface area contributed by atoms with Crippen molar-refractivity contribution in [2.45, 2.75) is 51.7 Å². The van der Waals surface area contributed by atoms with Crippen LogP contribution in [-0.4, -0.2) is 76.3 Å². The third kappa shape index (κ3) is 5.15. The second-order valence-electron chi connectivity index (χ2n) is 7.26. The molecule has 8 heteroatoms. The summed E-state index contributed by atoms with van der Waals surface area (Å²) in [6.07, 6.45) is 6.57. The molecule has 8 nitrogen and oxygen atoms in total. The van der Waals surface area contributed by atoms with Crippen molar-refractivity contribution in [3.63, 3.8) is 0 Å². The molecule has 1 aromatic rings. The lowest BCUT2D eigenvalue weighted by atomic mass is 10.1. The number of amides is 2. The van der Waals surface area contributed by atoms with Crippen LogP contribution in [-0.2, 0) is 4.74 Å². The van der Waals surface area contributed by atoms with E-state index in [9.17, 15) is 4.79 Å². The number of urea groups is 1. The maximum atomic E-state index is 12.6. The topological polar surface area (TPSA) is 75.5 Å². The molecule has 1 N–H and O–H groups in total. The van der Waals surface area contributed by atoms with Crippen LogP contribution in [0.4, 0.5) is 10.6 Å². The molecule has 3 rings (SSSR count). The van der Waals surface area contributed by atoms with E-state index in [4.69, 9.17) is 4.74 Å². The van der Waals surface area contributed by atoms with E-state index in [2.05, 4.69) is 20.5 Å². The molecule has 2 fully saturated rings. The molecule has 140 valence electrons. The molecule has 0 aromatic carbocycles. The number of anilines is 1. The molecule has 3 heterocycles. The number of nitrogens with zero attached hydrogens (tertiary/aromatic N) is 5. The van der Waals surface area contributed by atoms with E-state index in [0.29, 0.717) is 25.5 Å². The number of rotatable bonds is 4. The van der Waals surface area contributed by atoms with Crippen LogP contribution in [0.5, 0.6) is 0 Å². The molecule has 0 radical (unpaired) electrons. The Morgan fingerprint density at radius 1 is 1.28 bits per heavy atom. The van der Waals surface area contributed by atoms with Gasteiger partial charge < -0.3 is 14.5 Å². The van der Waals surface area contributed by atoms with Crippen LogP contribution in [0.1, 0.15) is 45.6 Å². The Bertz CT molecular complexity index is 555. The Morgan fingerprint density at radius 3 is 2.80 bits per heavy atom. The van der Waals surface area contributed by atoms with Crippen LogP contribution in [0.2, 0.25) is 0 Å². The summed E-state index contributed by atoms with van der Waals surface area (Å²) in [5.41, 5.74) is 0.